The maximum atomic E-state index is 5.72. The molecule has 3 nitrogen and oxygen atoms in total. The van der Waals surface area contributed by atoms with Crippen LogP contribution < -0.4 is 5.73 Å². The summed E-state index contributed by atoms with van der Waals surface area (Å²) >= 11 is 0. The lowest BCUT2D eigenvalue weighted by Gasteiger charge is -2.42. The fourth-order valence-electron chi connectivity index (χ4n) is 2.99. The number of benzene rings is 1. The Labute approximate surface area is 123 Å². The number of nitrogens with zero attached hydrogens (tertiary/aromatic N) is 2. The van der Waals surface area contributed by atoms with Crippen LogP contribution in [0.5, 0.6) is 0 Å². The molecule has 2 N–H and O–H groups in total. The van der Waals surface area contributed by atoms with Crippen LogP contribution in [0.1, 0.15) is 37.8 Å². The van der Waals surface area contributed by atoms with E-state index in [1.807, 2.05) is 0 Å². The van der Waals surface area contributed by atoms with Crippen molar-refractivity contribution in [3.05, 3.63) is 35.4 Å². The highest BCUT2D eigenvalue weighted by Crippen LogP contribution is 2.18. The Morgan fingerprint density at radius 1 is 1.15 bits per heavy atom. The van der Waals surface area contributed by atoms with Gasteiger partial charge in [-0.05, 0) is 44.5 Å². The molecular formula is C17H29N3. The zero-order chi connectivity index (χ0) is 14.7. The Balaban J connectivity index is 1.96. The van der Waals surface area contributed by atoms with Crippen LogP contribution >= 0.6 is 0 Å². The molecule has 0 amide bonds. The molecule has 1 aromatic rings. The van der Waals surface area contributed by atoms with Crippen LogP contribution in [0.15, 0.2) is 24.3 Å². The first kappa shape index (κ1) is 15.5. The highest BCUT2D eigenvalue weighted by atomic mass is 15.3. The standard InChI is InChI=1S/C17H29N3/c1-13(9-18)17-7-5-16(6-8-17)12-20-10-14(2)19(4)15(3)11-20/h5-8,13-15H,9-12,18H2,1-4H3. The van der Waals surface area contributed by atoms with E-state index in [-0.39, 0.29) is 0 Å². The van der Waals surface area contributed by atoms with Gasteiger partial charge in [0.1, 0.15) is 0 Å². The summed E-state index contributed by atoms with van der Waals surface area (Å²) in [4.78, 5) is 5.04. The van der Waals surface area contributed by atoms with E-state index in [1.165, 1.54) is 11.1 Å². The Kier molecular flexibility index (Phi) is 5.19. The Morgan fingerprint density at radius 2 is 1.70 bits per heavy atom. The first-order valence-corrected chi connectivity index (χ1v) is 7.74. The minimum Gasteiger partial charge on any atom is -0.330 e. The van der Waals surface area contributed by atoms with Crippen LogP contribution in [-0.2, 0) is 6.54 Å². The highest BCUT2D eigenvalue weighted by Gasteiger charge is 2.26. The van der Waals surface area contributed by atoms with E-state index in [1.54, 1.807) is 0 Å². The molecule has 112 valence electrons. The molecule has 3 unspecified atom stereocenters. The molecule has 0 bridgehead atoms. The van der Waals surface area contributed by atoms with E-state index in [4.69, 9.17) is 5.73 Å². The molecule has 0 aliphatic carbocycles. The average molecular weight is 275 g/mol. The predicted molar refractivity (Wildman–Crippen MR) is 85.9 cm³/mol. The van der Waals surface area contributed by atoms with Crippen LogP contribution in [0, 0.1) is 0 Å². The molecule has 3 atom stereocenters. The van der Waals surface area contributed by atoms with Gasteiger partial charge in [-0.3, -0.25) is 9.80 Å². The summed E-state index contributed by atoms with van der Waals surface area (Å²) in [5, 5.41) is 0. The first-order chi connectivity index (χ1) is 9.51. The maximum Gasteiger partial charge on any atom is 0.0235 e. The summed E-state index contributed by atoms with van der Waals surface area (Å²) in [6.07, 6.45) is 0. The van der Waals surface area contributed by atoms with Crippen molar-refractivity contribution >= 4 is 0 Å². The summed E-state index contributed by atoms with van der Waals surface area (Å²) in [6, 6.07) is 10.3. The third-order valence-electron chi connectivity index (χ3n) is 4.74. The quantitative estimate of drug-likeness (QED) is 0.915. The van der Waals surface area contributed by atoms with Crippen LogP contribution in [0.2, 0.25) is 0 Å². The fraction of sp³-hybridized carbons (Fsp3) is 0.647. The van der Waals surface area contributed by atoms with Crippen molar-refractivity contribution in [2.75, 3.05) is 26.7 Å². The van der Waals surface area contributed by atoms with Crippen molar-refractivity contribution in [1.29, 1.82) is 0 Å². The van der Waals surface area contributed by atoms with Crippen molar-refractivity contribution in [3.63, 3.8) is 0 Å². The minimum atomic E-state index is 0.452. The number of hydrogen-bond donors (Lipinski definition) is 1. The van der Waals surface area contributed by atoms with Gasteiger partial charge in [-0.1, -0.05) is 31.2 Å². The summed E-state index contributed by atoms with van der Waals surface area (Å²) < 4.78 is 0. The van der Waals surface area contributed by atoms with Gasteiger partial charge in [0.05, 0.1) is 0 Å². The fourth-order valence-corrected chi connectivity index (χ4v) is 2.99. The molecule has 1 aliphatic heterocycles. The summed E-state index contributed by atoms with van der Waals surface area (Å²) in [6.45, 7) is 10.9. The van der Waals surface area contributed by atoms with Gasteiger partial charge in [0.25, 0.3) is 0 Å². The zero-order valence-electron chi connectivity index (χ0n) is 13.3. The normalized spacial score (nSPS) is 26.6. The molecule has 0 radical (unpaired) electrons. The molecular weight excluding hydrogens is 246 g/mol. The second kappa shape index (κ2) is 6.70. The van der Waals surface area contributed by atoms with E-state index < -0.39 is 0 Å². The predicted octanol–water partition coefficient (Wildman–Crippen LogP) is 2.27. The molecule has 1 fully saturated rings. The molecule has 0 saturated carbocycles. The second-order valence-corrected chi connectivity index (χ2v) is 6.44. The monoisotopic (exact) mass is 275 g/mol. The van der Waals surface area contributed by atoms with E-state index in [2.05, 4.69) is 61.9 Å². The summed E-state index contributed by atoms with van der Waals surface area (Å²) in [7, 11) is 2.23. The van der Waals surface area contributed by atoms with Crippen LogP contribution in [-0.4, -0.2) is 48.6 Å². The van der Waals surface area contributed by atoms with Crippen LogP contribution in [0.25, 0.3) is 0 Å². The summed E-state index contributed by atoms with van der Waals surface area (Å²) in [5.41, 5.74) is 8.47. The molecule has 1 aromatic carbocycles. The van der Waals surface area contributed by atoms with Gasteiger partial charge < -0.3 is 5.73 Å². The summed E-state index contributed by atoms with van der Waals surface area (Å²) in [5.74, 6) is 0.452. The van der Waals surface area contributed by atoms with Crippen molar-refractivity contribution in [2.45, 2.75) is 45.3 Å². The zero-order valence-corrected chi connectivity index (χ0v) is 13.3. The smallest absolute Gasteiger partial charge is 0.0235 e. The van der Waals surface area contributed by atoms with Gasteiger partial charge in [0, 0.05) is 31.7 Å². The number of hydrogen-bond acceptors (Lipinski definition) is 3. The minimum absolute atomic E-state index is 0.452. The Morgan fingerprint density at radius 3 is 2.20 bits per heavy atom. The molecule has 1 heterocycles. The molecule has 1 saturated heterocycles. The third kappa shape index (κ3) is 3.60. The molecule has 0 aromatic heterocycles. The molecule has 1 aliphatic rings. The van der Waals surface area contributed by atoms with E-state index in [9.17, 15) is 0 Å². The van der Waals surface area contributed by atoms with Crippen LogP contribution in [0.3, 0.4) is 0 Å². The second-order valence-electron chi connectivity index (χ2n) is 6.44. The lowest BCUT2D eigenvalue weighted by molar-refractivity contribution is 0.0556. The number of piperazine rings is 1. The van der Waals surface area contributed by atoms with Crippen molar-refractivity contribution in [3.8, 4) is 0 Å². The van der Waals surface area contributed by atoms with Gasteiger partial charge in [0.15, 0.2) is 0 Å². The highest BCUT2D eigenvalue weighted by molar-refractivity contribution is 5.25. The van der Waals surface area contributed by atoms with Gasteiger partial charge in [-0.2, -0.15) is 0 Å². The first-order valence-electron chi connectivity index (χ1n) is 7.74. The molecule has 2 rings (SSSR count). The lowest BCUT2D eigenvalue weighted by Crippen LogP contribution is -2.54. The van der Waals surface area contributed by atoms with Crippen molar-refractivity contribution in [2.24, 2.45) is 5.73 Å². The van der Waals surface area contributed by atoms with Gasteiger partial charge in [-0.15, -0.1) is 0 Å². The molecule has 0 spiro atoms. The van der Waals surface area contributed by atoms with E-state index in [0.29, 0.717) is 24.5 Å². The van der Waals surface area contributed by atoms with Crippen molar-refractivity contribution < 1.29 is 0 Å². The SMILES string of the molecule is CC(CN)c1ccc(CN2CC(C)N(C)C(C)C2)cc1. The maximum absolute atomic E-state index is 5.72. The Bertz CT molecular complexity index is 403. The lowest BCUT2D eigenvalue weighted by atomic mass is 9.99. The van der Waals surface area contributed by atoms with E-state index >= 15 is 0 Å². The molecule has 20 heavy (non-hydrogen) atoms. The number of nitrogens with two attached hydrogens (primary N) is 1. The van der Waals surface area contributed by atoms with Gasteiger partial charge in [0.2, 0.25) is 0 Å². The number of rotatable bonds is 4. The Hall–Kier alpha value is -0.900. The molecule has 3 heteroatoms. The number of likely N-dealkylation sites (N-methyl/N-ethyl adjacent to an activating group) is 1. The van der Waals surface area contributed by atoms with Gasteiger partial charge in [-0.25, -0.2) is 0 Å². The van der Waals surface area contributed by atoms with E-state index in [0.717, 1.165) is 19.6 Å². The van der Waals surface area contributed by atoms with Gasteiger partial charge >= 0.3 is 0 Å². The van der Waals surface area contributed by atoms with Crippen molar-refractivity contribution in [1.82, 2.24) is 9.80 Å². The third-order valence-corrected chi connectivity index (χ3v) is 4.74. The topological polar surface area (TPSA) is 32.5 Å². The average Bonchev–Trinajstić information content (AvgIpc) is 2.44. The van der Waals surface area contributed by atoms with Crippen LogP contribution in [0.4, 0.5) is 0 Å². The largest absolute Gasteiger partial charge is 0.330 e.